The predicted molar refractivity (Wildman–Crippen MR) is 81.8 cm³/mol. The molecule has 1 fully saturated rings. The fourth-order valence-corrected chi connectivity index (χ4v) is 3.37. The highest BCUT2D eigenvalue weighted by Crippen LogP contribution is 2.39. The van der Waals surface area contributed by atoms with Gasteiger partial charge in [-0.05, 0) is 26.8 Å². The molecule has 0 amide bonds. The lowest BCUT2D eigenvalue weighted by atomic mass is 10.0. The van der Waals surface area contributed by atoms with Crippen LogP contribution in [0.15, 0.2) is 12.3 Å². The van der Waals surface area contributed by atoms with Crippen molar-refractivity contribution in [1.29, 1.82) is 0 Å². The molecule has 7 heteroatoms. The van der Waals surface area contributed by atoms with Crippen LogP contribution in [0, 0.1) is 0 Å². The van der Waals surface area contributed by atoms with Gasteiger partial charge in [0.25, 0.3) is 0 Å². The number of fused-ring (bicyclic) bond motifs is 3. The van der Waals surface area contributed by atoms with Crippen LogP contribution in [-0.4, -0.2) is 47.7 Å². The molecule has 0 N–H and O–H groups in total. The average molecular weight is 329 g/mol. The molecule has 2 aliphatic heterocycles. The molecule has 0 unspecified atom stereocenters. The third-order valence-electron chi connectivity index (χ3n) is 4.61. The largest absolute Gasteiger partial charge is 0.487 e. The molecule has 0 saturated carbocycles. The summed E-state index contributed by atoms with van der Waals surface area (Å²) in [6.45, 7) is 8.74. The van der Waals surface area contributed by atoms with Crippen molar-refractivity contribution in [1.82, 2.24) is 9.88 Å². The minimum absolute atomic E-state index is 0.138. The minimum atomic E-state index is -4.41. The van der Waals surface area contributed by atoms with Crippen LogP contribution in [0.1, 0.15) is 32.8 Å². The third-order valence-corrected chi connectivity index (χ3v) is 4.61. The third kappa shape index (κ3) is 3.24. The SMILES string of the molecule is CC(C)N1CCN2c3ncc(C(F)(F)F)cc3O[C@H](C)C[C@H]2C1. The molecule has 2 aliphatic rings. The van der Waals surface area contributed by atoms with Crippen molar-refractivity contribution in [2.24, 2.45) is 0 Å². The monoisotopic (exact) mass is 329 g/mol. The van der Waals surface area contributed by atoms with E-state index in [-0.39, 0.29) is 17.9 Å². The summed E-state index contributed by atoms with van der Waals surface area (Å²) in [5.41, 5.74) is -0.761. The number of aromatic nitrogens is 1. The van der Waals surface area contributed by atoms with Crippen LogP contribution >= 0.6 is 0 Å². The van der Waals surface area contributed by atoms with Crippen LogP contribution in [-0.2, 0) is 6.18 Å². The van der Waals surface area contributed by atoms with Gasteiger partial charge in [0, 0.05) is 44.3 Å². The maximum atomic E-state index is 12.9. The van der Waals surface area contributed by atoms with Gasteiger partial charge in [-0.3, -0.25) is 4.90 Å². The first-order valence-electron chi connectivity index (χ1n) is 8.00. The lowest BCUT2D eigenvalue weighted by Crippen LogP contribution is -2.55. The molecule has 0 bridgehead atoms. The topological polar surface area (TPSA) is 28.6 Å². The summed E-state index contributed by atoms with van der Waals surface area (Å²) >= 11 is 0. The highest BCUT2D eigenvalue weighted by Gasteiger charge is 2.37. The van der Waals surface area contributed by atoms with E-state index in [0.29, 0.717) is 11.9 Å². The van der Waals surface area contributed by atoms with Crippen LogP contribution in [0.5, 0.6) is 5.75 Å². The molecule has 4 nitrogen and oxygen atoms in total. The molecule has 128 valence electrons. The van der Waals surface area contributed by atoms with Crippen molar-refractivity contribution in [3.05, 3.63) is 17.8 Å². The van der Waals surface area contributed by atoms with Gasteiger partial charge in [0.1, 0.15) is 0 Å². The van der Waals surface area contributed by atoms with Gasteiger partial charge in [-0.25, -0.2) is 4.98 Å². The maximum Gasteiger partial charge on any atom is 0.418 e. The Morgan fingerprint density at radius 2 is 2.04 bits per heavy atom. The second-order valence-corrected chi connectivity index (χ2v) is 6.64. The second kappa shape index (κ2) is 5.85. The van der Waals surface area contributed by atoms with Gasteiger partial charge < -0.3 is 9.64 Å². The molecule has 1 aromatic rings. The first-order chi connectivity index (χ1) is 10.8. The number of hydrogen-bond acceptors (Lipinski definition) is 4. The van der Waals surface area contributed by atoms with Crippen molar-refractivity contribution in [3.63, 3.8) is 0 Å². The summed E-state index contributed by atoms with van der Waals surface area (Å²) in [5, 5.41) is 0. The van der Waals surface area contributed by atoms with Gasteiger partial charge in [0.2, 0.25) is 0 Å². The first kappa shape index (κ1) is 16.4. The van der Waals surface area contributed by atoms with Gasteiger partial charge >= 0.3 is 6.18 Å². The molecule has 23 heavy (non-hydrogen) atoms. The van der Waals surface area contributed by atoms with Crippen LogP contribution in [0.3, 0.4) is 0 Å². The van der Waals surface area contributed by atoms with E-state index in [1.54, 1.807) is 0 Å². The molecule has 2 atom stereocenters. The van der Waals surface area contributed by atoms with Gasteiger partial charge in [-0.1, -0.05) is 0 Å². The number of halogens is 3. The molecule has 0 aliphatic carbocycles. The Kier molecular flexibility index (Phi) is 4.16. The number of pyridine rings is 1. The van der Waals surface area contributed by atoms with E-state index in [4.69, 9.17) is 4.74 Å². The molecular weight excluding hydrogens is 307 g/mol. The molecule has 3 heterocycles. The van der Waals surface area contributed by atoms with Crippen molar-refractivity contribution >= 4 is 5.82 Å². The number of anilines is 1. The Balaban J connectivity index is 1.94. The molecule has 1 aromatic heterocycles. The minimum Gasteiger partial charge on any atom is -0.487 e. The molecule has 0 spiro atoms. The van der Waals surface area contributed by atoms with Gasteiger partial charge in [-0.2, -0.15) is 13.2 Å². The normalized spacial score (nSPS) is 25.6. The quantitative estimate of drug-likeness (QED) is 0.791. The van der Waals surface area contributed by atoms with E-state index >= 15 is 0 Å². The number of hydrogen-bond donors (Lipinski definition) is 0. The predicted octanol–water partition coefficient (Wildman–Crippen LogP) is 3.17. The standard InChI is InChI=1S/C16H22F3N3O/c1-10(2)21-4-5-22-13(9-21)6-11(3)23-14-7-12(16(17,18)19)8-20-15(14)22/h7-8,10-11,13H,4-6,9H2,1-3H3/t11-,13+/m1/s1. The number of piperazine rings is 1. The Bertz CT molecular complexity index is 576. The first-order valence-corrected chi connectivity index (χ1v) is 8.00. The molecule has 3 rings (SSSR count). The van der Waals surface area contributed by atoms with Gasteiger partial charge in [0.15, 0.2) is 11.6 Å². The zero-order valence-electron chi connectivity index (χ0n) is 13.6. The van der Waals surface area contributed by atoms with Crippen LogP contribution < -0.4 is 9.64 Å². The van der Waals surface area contributed by atoms with Crippen LogP contribution in [0.25, 0.3) is 0 Å². The molecule has 1 saturated heterocycles. The fourth-order valence-electron chi connectivity index (χ4n) is 3.37. The smallest absolute Gasteiger partial charge is 0.418 e. The van der Waals surface area contributed by atoms with E-state index in [9.17, 15) is 13.2 Å². The van der Waals surface area contributed by atoms with E-state index in [0.717, 1.165) is 38.3 Å². The Morgan fingerprint density at radius 1 is 1.30 bits per heavy atom. The van der Waals surface area contributed by atoms with Crippen LogP contribution in [0.4, 0.5) is 19.0 Å². The number of rotatable bonds is 1. The van der Waals surface area contributed by atoms with E-state index < -0.39 is 11.7 Å². The zero-order chi connectivity index (χ0) is 16.8. The van der Waals surface area contributed by atoms with Crippen LogP contribution in [0.2, 0.25) is 0 Å². The molecule has 0 aromatic carbocycles. The number of ether oxygens (including phenoxy) is 1. The summed E-state index contributed by atoms with van der Waals surface area (Å²) in [7, 11) is 0. The lowest BCUT2D eigenvalue weighted by Gasteiger charge is -2.43. The highest BCUT2D eigenvalue weighted by molar-refractivity contribution is 5.56. The molecule has 0 radical (unpaired) electrons. The van der Waals surface area contributed by atoms with Gasteiger partial charge in [-0.15, -0.1) is 0 Å². The van der Waals surface area contributed by atoms with Crippen molar-refractivity contribution in [2.75, 3.05) is 24.5 Å². The summed E-state index contributed by atoms with van der Waals surface area (Å²) in [6, 6.07) is 1.75. The molecular formula is C16H22F3N3O. The Labute approximate surface area is 134 Å². The fraction of sp³-hybridized carbons (Fsp3) is 0.688. The Morgan fingerprint density at radius 3 is 2.70 bits per heavy atom. The second-order valence-electron chi connectivity index (χ2n) is 6.64. The number of nitrogens with zero attached hydrogens (tertiary/aromatic N) is 3. The van der Waals surface area contributed by atoms with Crippen molar-refractivity contribution in [2.45, 2.75) is 51.6 Å². The average Bonchev–Trinajstić information content (AvgIpc) is 2.59. The zero-order valence-corrected chi connectivity index (χ0v) is 13.6. The summed E-state index contributed by atoms with van der Waals surface area (Å²) in [6.07, 6.45) is -2.86. The highest BCUT2D eigenvalue weighted by atomic mass is 19.4. The summed E-state index contributed by atoms with van der Waals surface area (Å²) < 4.78 is 44.5. The Hall–Kier alpha value is -1.50. The lowest BCUT2D eigenvalue weighted by molar-refractivity contribution is -0.137. The summed E-state index contributed by atoms with van der Waals surface area (Å²) in [4.78, 5) is 8.60. The van der Waals surface area contributed by atoms with Crippen molar-refractivity contribution < 1.29 is 17.9 Å². The summed E-state index contributed by atoms with van der Waals surface area (Å²) in [5.74, 6) is 0.781. The van der Waals surface area contributed by atoms with Gasteiger partial charge in [0.05, 0.1) is 11.7 Å². The van der Waals surface area contributed by atoms with E-state index in [1.807, 2.05) is 6.92 Å². The van der Waals surface area contributed by atoms with E-state index in [1.165, 1.54) is 0 Å². The maximum absolute atomic E-state index is 12.9. The van der Waals surface area contributed by atoms with Crippen molar-refractivity contribution in [3.8, 4) is 5.75 Å². The number of alkyl halides is 3. The van der Waals surface area contributed by atoms with E-state index in [2.05, 4.69) is 28.6 Å².